The number of rotatable bonds is 8. The molecule has 0 heterocycles. The van der Waals surface area contributed by atoms with E-state index in [4.69, 9.17) is 5.73 Å². The lowest BCUT2D eigenvalue weighted by atomic mass is 9.59. The SMILES string of the molecule is CCCCN(Cc1cc(O)c2c(c1C(F)(F)F)CC1C[C@H]3CC(=O)C(C(N)=O)=C(O)[C@@]3(O)C(=O)C1=C2O)CC1CC1. The lowest BCUT2D eigenvalue weighted by molar-refractivity contribution is -0.147. The van der Waals surface area contributed by atoms with Crippen LogP contribution in [0, 0.1) is 17.8 Å². The van der Waals surface area contributed by atoms with Crippen molar-refractivity contribution in [2.45, 2.75) is 70.2 Å². The van der Waals surface area contributed by atoms with Gasteiger partial charge in [0.15, 0.2) is 11.4 Å². The van der Waals surface area contributed by atoms with Crippen LogP contribution in [0.5, 0.6) is 5.75 Å². The van der Waals surface area contributed by atoms with Gasteiger partial charge in [-0.1, -0.05) is 13.3 Å². The zero-order chi connectivity index (χ0) is 30.0. The minimum absolute atomic E-state index is 0.0570. The molecule has 1 aromatic carbocycles. The van der Waals surface area contributed by atoms with E-state index in [9.17, 15) is 48.0 Å². The minimum Gasteiger partial charge on any atom is -0.508 e. The predicted molar refractivity (Wildman–Crippen MR) is 139 cm³/mol. The molecule has 0 saturated heterocycles. The van der Waals surface area contributed by atoms with E-state index in [0.717, 1.165) is 31.7 Å². The number of carbonyl (C=O) groups excluding carboxylic acids is 3. The van der Waals surface area contributed by atoms with Crippen LogP contribution in [0.1, 0.15) is 67.7 Å². The number of aliphatic hydroxyl groups excluding tert-OH is 2. The summed E-state index contributed by atoms with van der Waals surface area (Å²) in [5, 5.41) is 44.1. The van der Waals surface area contributed by atoms with Crippen molar-refractivity contribution in [1.82, 2.24) is 4.90 Å². The lowest BCUT2D eigenvalue weighted by Crippen LogP contribution is -2.58. The van der Waals surface area contributed by atoms with Crippen LogP contribution < -0.4 is 5.73 Å². The summed E-state index contributed by atoms with van der Waals surface area (Å²) in [6.45, 7) is 3.16. The minimum atomic E-state index is -4.85. The Bertz CT molecular complexity index is 1400. The molecule has 41 heavy (non-hydrogen) atoms. The Hall–Kier alpha value is -3.38. The molecular weight excluding hydrogens is 545 g/mol. The van der Waals surface area contributed by atoms with Crippen molar-refractivity contribution < 1.29 is 48.0 Å². The van der Waals surface area contributed by atoms with Gasteiger partial charge in [-0.15, -0.1) is 0 Å². The van der Waals surface area contributed by atoms with Crippen LogP contribution in [0.3, 0.4) is 0 Å². The lowest BCUT2D eigenvalue weighted by Gasteiger charge is -2.46. The fraction of sp³-hybridized carbons (Fsp3) is 0.552. The van der Waals surface area contributed by atoms with Gasteiger partial charge in [0, 0.05) is 31.0 Å². The van der Waals surface area contributed by atoms with E-state index in [0.29, 0.717) is 19.0 Å². The molecule has 4 aliphatic rings. The Morgan fingerprint density at radius 2 is 1.85 bits per heavy atom. The van der Waals surface area contributed by atoms with Crippen LogP contribution in [0.25, 0.3) is 5.76 Å². The number of ketones is 2. The Labute approximate surface area is 234 Å². The molecule has 2 fully saturated rings. The third kappa shape index (κ3) is 4.80. The first kappa shape index (κ1) is 29.1. The number of hydrogen-bond acceptors (Lipinski definition) is 8. The number of Topliss-reactive ketones (excluding diaryl/α,β-unsaturated/α-hetero) is 2. The molecule has 0 bridgehead atoms. The second kappa shape index (κ2) is 10.2. The molecule has 4 aliphatic carbocycles. The summed E-state index contributed by atoms with van der Waals surface area (Å²) >= 11 is 0. The van der Waals surface area contributed by atoms with E-state index in [-0.39, 0.29) is 24.1 Å². The number of phenols is 1. The number of amides is 1. The standard InChI is InChI=1S/C29H33F3N2O7/c1-2-3-6-34(11-13-4-5-13)12-15-9-18(35)21-17(23(15)29(30,31)32)8-14-7-16-10-19(36)22(27(33)40)26(39)28(16,41)25(38)20(14)24(21)37/h9,13-14,16,35,37,39,41H,2-8,10-12H2,1H3,(H2,33,40)/t14?,16-,28-/m0/s1. The molecule has 222 valence electrons. The summed E-state index contributed by atoms with van der Waals surface area (Å²) in [4.78, 5) is 39.8. The third-order valence-electron chi connectivity index (χ3n) is 8.87. The van der Waals surface area contributed by atoms with Crippen molar-refractivity contribution in [3.8, 4) is 5.75 Å². The Morgan fingerprint density at radius 3 is 2.44 bits per heavy atom. The van der Waals surface area contributed by atoms with Gasteiger partial charge in [0.2, 0.25) is 5.78 Å². The van der Waals surface area contributed by atoms with E-state index in [1.54, 1.807) is 0 Å². The highest BCUT2D eigenvalue weighted by molar-refractivity contribution is 6.22. The molecule has 3 atom stereocenters. The molecule has 0 radical (unpaired) electrons. The summed E-state index contributed by atoms with van der Waals surface area (Å²) in [6, 6.07) is 0.970. The van der Waals surface area contributed by atoms with Crippen LogP contribution in [0.4, 0.5) is 13.2 Å². The number of halogens is 3. The maximum absolute atomic E-state index is 14.7. The number of aliphatic hydroxyl groups is 3. The van der Waals surface area contributed by atoms with E-state index in [1.807, 2.05) is 11.8 Å². The summed E-state index contributed by atoms with van der Waals surface area (Å²) in [7, 11) is 0. The smallest absolute Gasteiger partial charge is 0.417 e. The summed E-state index contributed by atoms with van der Waals surface area (Å²) in [5.74, 6) is -8.21. The molecule has 6 N–H and O–H groups in total. The number of hydrogen-bond donors (Lipinski definition) is 5. The molecular formula is C29H33F3N2O7. The normalized spacial score (nSPS) is 26.3. The highest BCUT2D eigenvalue weighted by Crippen LogP contribution is 2.54. The van der Waals surface area contributed by atoms with Gasteiger partial charge in [0.25, 0.3) is 5.91 Å². The molecule has 0 aromatic heterocycles. The zero-order valence-electron chi connectivity index (χ0n) is 22.6. The molecule has 9 nitrogen and oxygen atoms in total. The second-order valence-electron chi connectivity index (χ2n) is 11.7. The number of phenolic OH excluding ortho intramolecular Hbond substituents is 1. The van der Waals surface area contributed by atoms with Crippen LogP contribution in [0.15, 0.2) is 23.0 Å². The van der Waals surface area contributed by atoms with Crippen LogP contribution in [0.2, 0.25) is 0 Å². The third-order valence-corrected chi connectivity index (χ3v) is 8.87. The summed E-state index contributed by atoms with van der Waals surface area (Å²) in [6.07, 6.45) is -2.35. The van der Waals surface area contributed by atoms with E-state index >= 15 is 0 Å². The molecule has 12 heteroatoms. The molecule has 1 unspecified atom stereocenters. The highest BCUT2D eigenvalue weighted by atomic mass is 19.4. The first-order valence-electron chi connectivity index (χ1n) is 13.8. The van der Waals surface area contributed by atoms with Crippen molar-refractivity contribution in [2.75, 3.05) is 13.1 Å². The molecule has 0 spiro atoms. The van der Waals surface area contributed by atoms with Gasteiger partial charge in [-0.25, -0.2) is 0 Å². The van der Waals surface area contributed by atoms with Gasteiger partial charge in [-0.3, -0.25) is 19.3 Å². The van der Waals surface area contributed by atoms with Crippen molar-refractivity contribution >= 4 is 23.2 Å². The number of nitrogens with zero attached hydrogens (tertiary/aromatic N) is 1. The maximum Gasteiger partial charge on any atom is 0.417 e. The number of benzene rings is 1. The quantitative estimate of drug-likeness (QED) is 0.293. The van der Waals surface area contributed by atoms with E-state index < -0.39 is 93.5 Å². The van der Waals surface area contributed by atoms with Crippen LogP contribution in [-0.2, 0) is 33.5 Å². The van der Waals surface area contributed by atoms with Gasteiger partial charge in [0.05, 0.1) is 11.1 Å². The fourth-order valence-electron chi connectivity index (χ4n) is 6.76. The first-order chi connectivity index (χ1) is 19.2. The van der Waals surface area contributed by atoms with Crippen LogP contribution >= 0.6 is 0 Å². The van der Waals surface area contributed by atoms with Gasteiger partial charge in [-0.05, 0) is 67.7 Å². The highest BCUT2D eigenvalue weighted by Gasteiger charge is 2.60. The summed E-state index contributed by atoms with van der Waals surface area (Å²) < 4.78 is 44.1. The molecule has 5 rings (SSSR count). The fourth-order valence-corrected chi connectivity index (χ4v) is 6.76. The Balaban J connectivity index is 1.63. The Morgan fingerprint density at radius 1 is 1.17 bits per heavy atom. The maximum atomic E-state index is 14.7. The topological polar surface area (TPSA) is 161 Å². The van der Waals surface area contributed by atoms with E-state index in [1.165, 1.54) is 0 Å². The van der Waals surface area contributed by atoms with Crippen molar-refractivity contribution in [3.05, 3.63) is 45.2 Å². The monoisotopic (exact) mass is 578 g/mol. The van der Waals surface area contributed by atoms with Crippen LogP contribution in [-0.4, -0.2) is 61.5 Å². The largest absolute Gasteiger partial charge is 0.508 e. The number of fused-ring (bicyclic) bond motifs is 3. The number of aromatic hydroxyl groups is 1. The Kier molecular flexibility index (Phi) is 7.22. The van der Waals surface area contributed by atoms with Crippen molar-refractivity contribution in [1.29, 1.82) is 0 Å². The van der Waals surface area contributed by atoms with Gasteiger partial charge in [-0.2, -0.15) is 13.2 Å². The number of nitrogens with two attached hydrogens (primary N) is 1. The van der Waals surface area contributed by atoms with Gasteiger partial charge in [0.1, 0.15) is 22.8 Å². The van der Waals surface area contributed by atoms with Gasteiger partial charge < -0.3 is 26.2 Å². The number of alkyl halides is 3. The van der Waals surface area contributed by atoms with Gasteiger partial charge >= 0.3 is 6.18 Å². The average Bonchev–Trinajstić information content (AvgIpc) is 3.67. The molecule has 1 aromatic rings. The predicted octanol–water partition coefficient (Wildman–Crippen LogP) is 3.45. The molecule has 1 amide bonds. The summed E-state index contributed by atoms with van der Waals surface area (Å²) in [5.41, 5.74) is -1.06. The van der Waals surface area contributed by atoms with E-state index in [2.05, 4.69) is 0 Å². The first-order valence-corrected chi connectivity index (χ1v) is 13.8. The van der Waals surface area contributed by atoms with Crippen molar-refractivity contribution in [2.24, 2.45) is 23.5 Å². The number of carbonyl (C=O) groups is 3. The number of unbranched alkanes of at least 4 members (excludes halogenated alkanes) is 1. The zero-order valence-corrected chi connectivity index (χ0v) is 22.6. The molecule has 2 saturated carbocycles. The average molecular weight is 579 g/mol. The number of primary amides is 1. The van der Waals surface area contributed by atoms with Crippen molar-refractivity contribution in [3.63, 3.8) is 0 Å². The molecule has 0 aliphatic heterocycles. The second-order valence-corrected chi connectivity index (χ2v) is 11.7.